The molecule has 0 aliphatic carbocycles. The minimum Gasteiger partial charge on any atom is -0.384 e. The highest BCUT2D eigenvalue weighted by Gasteiger charge is 2.15. The van der Waals surface area contributed by atoms with Crippen LogP contribution in [-0.4, -0.2) is 15.2 Å². The standard InChI is InChI=1S/C26H21N5/c27-23-15-14-20(17-28-23)25-22-13-7-12-21(19-10-5-2-6-11-19)24(22)26(31-30-25)29-16-18-8-3-1-4-9-18/h1-15,17H,16H2,(H2,27,28)(H,29,31). The molecule has 31 heavy (non-hydrogen) atoms. The third kappa shape index (κ3) is 3.81. The molecular weight excluding hydrogens is 382 g/mol. The van der Waals surface area contributed by atoms with Crippen molar-refractivity contribution in [2.24, 2.45) is 0 Å². The number of hydrogen-bond donors (Lipinski definition) is 2. The maximum Gasteiger partial charge on any atom is 0.157 e. The van der Waals surface area contributed by atoms with E-state index < -0.39 is 0 Å². The first-order valence-corrected chi connectivity index (χ1v) is 10.1. The molecule has 3 N–H and O–H groups in total. The third-order valence-corrected chi connectivity index (χ3v) is 5.25. The Morgan fingerprint density at radius 2 is 1.48 bits per heavy atom. The molecule has 5 aromatic rings. The smallest absolute Gasteiger partial charge is 0.157 e. The van der Waals surface area contributed by atoms with E-state index in [9.17, 15) is 0 Å². The Labute approximate surface area is 180 Å². The van der Waals surface area contributed by atoms with E-state index in [0.29, 0.717) is 12.4 Å². The van der Waals surface area contributed by atoms with Crippen molar-refractivity contribution in [3.8, 4) is 22.4 Å². The minimum absolute atomic E-state index is 0.479. The Hall–Kier alpha value is -4.25. The first-order valence-electron chi connectivity index (χ1n) is 10.1. The van der Waals surface area contributed by atoms with Gasteiger partial charge in [-0.25, -0.2) is 4.98 Å². The maximum absolute atomic E-state index is 5.78. The highest BCUT2D eigenvalue weighted by atomic mass is 15.2. The Balaban J connectivity index is 1.69. The second kappa shape index (κ2) is 8.24. The average Bonchev–Trinajstić information content (AvgIpc) is 2.84. The van der Waals surface area contributed by atoms with Crippen LogP contribution >= 0.6 is 0 Å². The van der Waals surface area contributed by atoms with Crippen LogP contribution in [0.2, 0.25) is 0 Å². The van der Waals surface area contributed by atoms with Gasteiger partial charge in [-0.2, -0.15) is 0 Å². The number of nitrogens with two attached hydrogens (primary N) is 1. The highest BCUT2D eigenvalue weighted by Crippen LogP contribution is 2.37. The molecule has 2 heterocycles. The van der Waals surface area contributed by atoms with Gasteiger partial charge >= 0.3 is 0 Å². The molecular formula is C26H21N5. The number of nitrogens with one attached hydrogen (secondary N) is 1. The predicted molar refractivity (Wildman–Crippen MR) is 126 cm³/mol. The summed E-state index contributed by atoms with van der Waals surface area (Å²) in [6.45, 7) is 0.663. The SMILES string of the molecule is Nc1ccc(-c2nnc(NCc3ccccc3)c3c(-c4ccccc4)cccc23)cn1. The van der Waals surface area contributed by atoms with Gasteiger partial charge in [0.15, 0.2) is 5.82 Å². The van der Waals surface area contributed by atoms with E-state index in [1.54, 1.807) is 12.3 Å². The topological polar surface area (TPSA) is 76.7 Å². The van der Waals surface area contributed by atoms with Gasteiger partial charge in [0, 0.05) is 29.1 Å². The summed E-state index contributed by atoms with van der Waals surface area (Å²) in [4.78, 5) is 4.24. The van der Waals surface area contributed by atoms with E-state index in [2.05, 4.69) is 63.0 Å². The molecule has 0 radical (unpaired) electrons. The van der Waals surface area contributed by atoms with Crippen LogP contribution in [0.15, 0.2) is 97.2 Å². The summed E-state index contributed by atoms with van der Waals surface area (Å²) >= 11 is 0. The summed E-state index contributed by atoms with van der Waals surface area (Å²) in [6, 6.07) is 30.6. The molecule has 2 aromatic heterocycles. The van der Waals surface area contributed by atoms with Crippen LogP contribution in [0.5, 0.6) is 0 Å². The van der Waals surface area contributed by atoms with Crippen molar-refractivity contribution in [1.29, 1.82) is 0 Å². The molecule has 150 valence electrons. The number of hydrogen-bond acceptors (Lipinski definition) is 5. The Morgan fingerprint density at radius 3 is 2.23 bits per heavy atom. The van der Waals surface area contributed by atoms with Crippen LogP contribution < -0.4 is 11.1 Å². The predicted octanol–water partition coefficient (Wildman–Crippen LogP) is 5.55. The van der Waals surface area contributed by atoms with Crippen LogP contribution in [-0.2, 0) is 6.54 Å². The van der Waals surface area contributed by atoms with Crippen LogP contribution in [0.1, 0.15) is 5.56 Å². The molecule has 0 saturated heterocycles. The fraction of sp³-hybridized carbons (Fsp3) is 0.0385. The van der Waals surface area contributed by atoms with Gasteiger partial charge in [-0.15, -0.1) is 10.2 Å². The van der Waals surface area contributed by atoms with Gasteiger partial charge in [-0.1, -0.05) is 78.9 Å². The molecule has 0 bridgehead atoms. The molecule has 3 aromatic carbocycles. The lowest BCUT2D eigenvalue weighted by molar-refractivity contribution is 1.02. The summed E-state index contributed by atoms with van der Waals surface area (Å²) in [5.74, 6) is 1.23. The Morgan fingerprint density at radius 1 is 0.710 bits per heavy atom. The molecule has 5 heteroatoms. The normalized spacial score (nSPS) is 10.8. The fourth-order valence-electron chi connectivity index (χ4n) is 3.73. The van der Waals surface area contributed by atoms with E-state index in [4.69, 9.17) is 5.73 Å². The molecule has 5 rings (SSSR count). The summed E-state index contributed by atoms with van der Waals surface area (Å²) in [7, 11) is 0. The fourth-order valence-corrected chi connectivity index (χ4v) is 3.73. The molecule has 5 nitrogen and oxygen atoms in total. The monoisotopic (exact) mass is 403 g/mol. The molecule has 0 spiro atoms. The van der Waals surface area contributed by atoms with Gasteiger partial charge in [0.2, 0.25) is 0 Å². The van der Waals surface area contributed by atoms with Gasteiger partial charge < -0.3 is 11.1 Å². The Kier molecular flexibility index (Phi) is 4.99. The van der Waals surface area contributed by atoms with Gasteiger partial charge in [0.25, 0.3) is 0 Å². The number of nitrogens with zero attached hydrogens (tertiary/aromatic N) is 3. The number of pyridine rings is 1. The molecule has 0 saturated carbocycles. The van der Waals surface area contributed by atoms with Crippen LogP contribution in [0.3, 0.4) is 0 Å². The van der Waals surface area contributed by atoms with E-state index in [1.807, 2.05) is 42.5 Å². The zero-order valence-electron chi connectivity index (χ0n) is 16.9. The van der Waals surface area contributed by atoms with Crippen molar-refractivity contribution in [3.05, 3.63) is 103 Å². The second-order valence-corrected chi connectivity index (χ2v) is 7.30. The summed E-state index contributed by atoms with van der Waals surface area (Å²) in [5, 5.41) is 14.7. The molecule has 0 fully saturated rings. The minimum atomic E-state index is 0.479. The van der Waals surface area contributed by atoms with Crippen LogP contribution in [0.4, 0.5) is 11.6 Å². The molecule has 0 amide bonds. The number of aromatic nitrogens is 3. The van der Waals surface area contributed by atoms with Crippen molar-refractivity contribution in [2.75, 3.05) is 11.1 Å². The Bertz CT molecular complexity index is 1320. The van der Waals surface area contributed by atoms with Gasteiger partial charge in [0.05, 0.1) is 0 Å². The van der Waals surface area contributed by atoms with E-state index in [-0.39, 0.29) is 0 Å². The lowest BCUT2D eigenvalue weighted by Gasteiger charge is -2.15. The van der Waals surface area contributed by atoms with E-state index in [0.717, 1.165) is 39.0 Å². The van der Waals surface area contributed by atoms with Crippen LogP contribution in [0, 0.1) is 0 Å². The number of anilines is 2. The quantitative estimate of drug-likeness (QED) is 0.402. The number of fused-ring (bicyclic) bond motifs is 1. The van der Waals surface area contributed by atoms with E-state index >= 15 is 0 Å². The molecule has 0 aliphatic heterocycles. The first-order chi connectivity index (χ1) is 15.3. The van der Waals surface area contributed by atoms with Crippen molar-refractivity contribution >= 4 is 22.4 Å². The summed E-state index contributed by atoms with van der Waals surface area (Å²) < 4.78 is 0. The van der Waals surface area contributed by atoms with Crippen LogP contribution in [0.25, 0.3) is 33.2 Å². The van der Waals surface area contributed by atoms with Crippen molar-refractivity contribution < 1.29 is 0 Å². The van der Waals surface area contributed by atoms with Gasteiger partial charge in [-0.3, -0.25) is 0 Å². The largest absolute Gasteiger partial charge is 0.384 e. The molecule has 0 atom stereocenters. The lowest BCUT2D eigenvalue weighted by Crippen LogP contribution is -2.05. The lowest BCUT2D eigenvalue weighted by atomic mass is 9.96. The van der Waals surface area contributed by atoms with Crippen molar-refractivity contribution in [2.45, 2.75) is 6.54 Å². The summed E-state index contributed by atoms with van der Waals surface area (Å²) in [6.07, 6.45) is 1.74. The third-order valence-electron chi connectivity index (χ3n) is 5.25. The zero-order chi connectivity index (χ0) is 21.0. The second-order valence-electron chi connectivity index (χ2n) is 7.30. The highest BCUT2D eigenvalue weighted by molar-refractivity contribution is 6.08. The number of nitrogen functional groups attached to an aromatic ring is 1. The molecule has 0 aliphatic rings. The first kappa shape index (κ1) is 18.8. The van der Waals surface area contributed by atoms with Gasteiger partial charge in [-0.05, 0) is 28.8 Å². The van der Waals surface area contributed by atoms with E-state index in [1.165, 1.54) is 5.56 Å². The number of benzene rings is 3. The average molecular weight is 403 g/mol. The number of rotatable bonds is 5. The van der Waals surface area contributed by atoms with Crippen molar-refractivity contribution in [3.63, 3.8) is 0 Å². The zero-order valence-corrected chi connectivity index (χ0v) is 16.9. The van der Waals surface area contributed by atoms with Crippen molar-refractivity contribution in [1.82, 2.24) is 15.2 Å². The summed E-state index contributed by atoms with van der Waals surface area (Å²) in [5.41, 5.74) is 10.9. The maximum atomic E-state index is 5.78. The van der Waals surface area contributed by atoms with Gasteiger partial charge in [0.1, 0.15) is 11.5 Å². The molecule has 0 unspecified atom stereocenters.